The van der Waals surface area contributed by atoms with Crippen LogP contribution in [0.1, 0.15) is 11.1 Å². The van der Waals surface area contributed by atoms with Crippen molar-refractivity contribution in [1.82, 2.24) is 0 Å². The molecule has 0 bridgehead atoms. The number of para-hydroxylation sites is 1. The summed E-state index contributed by atoms with van der Waals surface area (Å²) in [4.78, 5) is 0. The molecule has 2 aromatic rings. The highest BCUT2D eigenvalue weighted by molar-refractivity contribution is 9.10. The van der Waals surface area contributed by atoms with E-state index in [0.29, 0.717) is 6.54 Å². The normalized spacial score (nSPS) is 10.3. The Kier molecular flexibility index (Phi) is 3.82. The molecule has 0 saturated carbocycles. The Labute approximate surface area is 110 Å². The molecular formula is C14H14BrNO. The summed E-state index contributed by atoms with van der Waals surface area (Å²) in [6.45, 7) is 2.51. The molecule has 0 atom stereocenters. The fraction of sp³-hybridized carbons (Fsp3) is 0.143. The predicted octanol–water partition coefficient (Wildman–Crippen LogP) is 4.01. The molecule has 0 spiro atoms. The van der Waals surface area contributed by atoms with Crippen LogP contribution in [0.25, 0.3) is 0 Å². The molecule has 2 rings (SSSR count). The molecule has 0 amide bonds. The van der Waals surface area contributed by atoms with Gasteiger partial charge in [0.05, 0.1) is 0 Å². The van der Waals surface area contributed by atoms with Crippen LogP contribution in [0.2, 0.25) is 0 Å². The summed E-state index contributed by atoms with van der Waals surface area (Å²) >= 11 is 3.47. The number of benzene rings is 2. The van der Waals surface area contributed by atoms with Gasteiger partial charge in [-0.15, -0.1) is 0 Å². The number of ether oxygens (including phenoxy) is 1. The van der Waals surface area contributed by atoms with Crippen LogP contribution in [0, 0.1) is 6.92 Å². The zero-order chi connectivity index (χ0) is 12.3. The van der Waals surface area contributed by atoms with Crippen LogP contribution in [-0.4, -0.2) is 0 Å². The van der Waals surface area contributed by atoms with Gasteiger partial charge in [0, 0.05) is 16.6 Å². The lowest BCUT2D eigenvalue weighted by Gasteiger charge is -2.10. The van der Waals surface area contributed by atoms with Crippen molar-refractivity contribution < 1.29 is 4.74 Å². The number of rotatable bonds is 3. The molecule has 0 saturated heterocycles. The van der Waals surface area contributed by atoms with Crippen LogP contribution in [0.3, 0.4) is 0 Å². The monoisotopic (exact) mass is 291 g/mol. The molecule has 0 unspecified atom stereocenters. The molecule has 3 heteroatoms. The van der Waals surface area contributed by atoms with E-state index >= 15 is 0 Å². The van der Waals surface area contributed by atoms with E-state index in [2.05, 4.69) is 15.9 Å². The van der Waals surface area contributed by atoms with Crippen molar-refractivity contribution >= 4 is 15.9 Å². The standard InChI is InChI=1S/C14H14BrNO/c1-10-8-12(6-7-13(10)15)17-14-5-3-2-4-11(14)9-16/h2-8H,9,16H2,1H3. The van der Waals surface area contributed by atoms with E-state index < -0.39 is 0 Å². The lowest BCUT2D eigenvalue weighted by Crippen LogP contribution is -1.99. The van der Waals surface area contributed by atoms with Gasteiger partial charge in [-0.2, -0.15) is 0 Å². The van der Waals surface area contributed by atoms with E-state index in [1.807, 2.05) is 49.4 Å². The van der Waals surface area contributed by atoms with Crippen molar-refractivity contribution in [2.75, 3.05) is 0 Å². The molecule has 2 N–H and O–H groups in total. The van der Waals surface area contributed by atoms with E-state index in [4.69, 9.17) is 10.5 Å². The Bertz CT molecular complexity index is 525. The summed E-state index contributed by atoms with van der Waals surface area (Å²) in [5.74, 6) is 1.64. The zero-order valence-corrected chi connectivity index (χ0v) is 11.2. The Hall–Kier alpha value is -1.32. The summed E-state index contributed by atoms with van der Waals surface area (Å²) < 4.78 is 6.92. The number of halogens is 1. The van der Waals surface area contributed by atoms with E-state index in [1.54, 1.807) is 0 Å². The van der Waals surface area contributed by atoms with Gasteiger partial charge < -0.3 is 10.5 Å². The van der Waals surface area contributed by atoms with E-state index in [-0.39, 0.29) is 0 Å². The number of hydrogen-bond donors (Lipinski definition) is 1. The maximum atomic E-state index is 5.84. The maximum absolute atomic E-state index is 5.84. The lowest BCUT2D eigenvalue weighted by atomic mass is 10.2. The van der Waals surface area contributed by atoms with Crippen molar-refractivity contribution in [1.29, 1.82) is 0 Å². The summed E-state index contributed by atoms with van der Waals surface area (Å²) in [6, 6.07) is 13.7. The Morgan fingerprint density at radius 1 is 1.18 bits per heavy atom. The van der Waals surface area contributed by atoms with Gasteiger partial charge in [-0.25, -0.2) is 0 Å². The van der Waals surface area contributed by atoms with Gasteiger partial charge >= 0.3 is 0 Å². The van der Waals surface area contributed by atoms with E-state index in [9.17, 15) is 0 Å². The van der Waals surface area contributed by atoms with Crippen molar-refractivity contribution in [3.8, 4) is 11.5 Å². The van der Waals surface area contributed by atoms with Gasteiger partial charge in [-0.3, -0.25) is 0 Å². The largest absolute Gasteiger partial charge is 0.457 e. The molecule has 2 nitrogen and oxygen atoms in total. The second-order valence-corrected chi connectivity index (χ2v) is 4.68. The first-order chi connectivity index (χ1) is 8.20. The quantitative estimate of drug-likeness (QED) is 0.927. The topological polar surface area (TPSA) is 35.2 Å². The molecule has 0 aromatic heterocycles. The van der Waals surface area contributed by atoms with Crippen LogP contribution in [-0.2, 0) is 6.54 Å². The van der Waals surface area contributed by atoms with Crippen molar-refractivity contribution in [2.45, 2.75) is 13.5 Å². The highest BCUT2D eigenvalue weighted by Gasteiger charge is 2.03. The second kappa shape index (κ2) is 5.34. The van der Waals surface area contributed by atoms with Gasteiger partial charge in [-0.05, 0) is 36.8 Å². The van der Waals surface area contributed by atoms with Crippen molar-refractivity contribution in [2.24, 2.45) is 5.73 Å². The Morgan fingerprint density at radius 2 is 1.94 bits per heavy atom. The van der Waals surface area contributed by atoms with Gasteiger partial charge in [-0.1, -0.05) is 34.1 Å². The molecule has 2 aromatic carbocycles. The third-order valence-corrected chi connectivity index (χ3v) is 3.44. The van der Waals surface area contributed by atoms with Gasteiger partial charge in [0.15, 0.2) is 0 Å². The minimum atomic E-state index is 0.478. The van der Waals surface area contributed by atoms with Gasteiger partial charge in [0.25, 0.3) is 0 Å². The van der Waals surface area contributed by atoms with Gasteiger partial charge in [0.2, 0.25) is 0 Å². The molecule has 0 fully saturated rings. The fourth-order valence-corrected chi connectivity index (χ4v) is 1.83. The molecule has 17 heavy (non-hydrogen) atoms. The highest BCUT2D eigenvalue weighted by atomic mass is 79.9. The summed E-state index contributed by atoms with van der Waals surface area (Å²) in [5.41, 5.74) is 7.82. The smallest absolute Gasteiger partial charge is 0.131 e. The zero-order valence-electron chi connectivity index (χ0n) is 9.61. The van der Waals surface area contributed by atoms with Crippen LogP contribution < -0.4 is 10.5 Å². The minimum absolute atomic E-state index is 0.478. The Balaban J connectivity index is 2.28. The lowest BCUT2D eigenvalue weighted by molar-refractivity contribution is 0.476. The highest BCUT2D eigenvalue weighted by Crippen LogP contribution is 2.28. The number of aryl methyl sites for hydroxylation is 1. The van der Waals surface area contributed by atoms with Crippen LogP contribution in [0.4, 0.5) is 0 Å². The van der Waals surface area contributed by atoms with Crippen LogP contribution in [0.15, 0.2) is 46.9 Å². The SMILES string of the molecule is Cc1cc(Oc2ccccc2CN)ccc1Br. The first-order valence-electron chi connectivity index (χ1n) is 5.42. The molecule has 0 radical (unpaired) electrons. The second-order valence-electron chi connectivity index (χ2n) is 3.82. The number of nitrogens with two attached hydrogens (primary N) is 1. The van der Waals surface area contributed by atoms with Gasteiger partial charge in [0.1, 0.15) is 11.5 Å². The molecule has 0 heterocycles. The fourth-order valence-electron chi connectivity index (χ4n) is 1.58. The van der Waals surface area contributed by atoms with Crippen LogP contribution >= 0.6 is 15.9 Å². The molecule has 0 aliphatic rings. The third kappa shape index (κ3) is 2.87. The maximum Gasteiger partial charge on any atom is 0.131 e. The first kappa shape index (κ1) is 12.1. The molecular weight excluding hydrogens is 278 g/mol. The van der Waals surface area contributed by atoms with E-state index in [1.165, 1.54) is 0 Å². The van der Waals surface area contributed by atoms with E-state index in [0.717, 1.165) is 27.1 Å². The predicted molar refractivity (Wildman–Crippen MR) is 73.3 cm³/mol. The molecule has 0 aliphatic carbocycles. The first-order valence-corrected chi connectivity index (χ1v) is 6.22. The Morgan fingerprint density at radius 3 is 2.65 bits per heavy atom. The van der Waals surface area contributed by atoms with Crippen molar-refractivity contribution in [3.63, 3.8) is 0 Å². The molecule has 88 valence electrons. The summed E-state index contributed by atoms with van der Waals surface area (Å²) in [6.07, 6.45) is 0. The third-order valence-electron chi connectivity index (χ3n) is 2.55. The average molecular weight is 292 g/mol. The summed E-state index contributed by atoms with van der Waals surface area (Å²) in [5, 5.41) is 0. The average Bonchev–Trinajstić information content (AvgIpc) is 2.34. The van der Waals surface area contributed by atoms with Crippen LogP contribution in [0.5, 0.6) is 11.5 Å². The summed E-state index contributed by atoms with van der Waals surface area (Å²) in [7, 11) is 0. The van der Waals surface area contributed by atoms with Crippen molar-refractivity contribution in [3.05, 3.63) is 58.1 Å². The minimum Gasteiger partial charge on any atom is -0.457 e. The number of hydrogen-bond acceptors (Lipinski definition) is 2. The molecule has 0 aliphatic heterocycles.